The molecule has 0 saturated heterocycles. The zero-order valence-electron chi connectivity index (χ0n) is 8.39. The van der Waals surface area contributed by atoms with Gasteiger partial charge in [-0.3, -0.25) is 0 Å². The van der Waals surface area contributed by atoms with E-state index >= 15 is 0 Å². The molecule has 0 amide bonds. The summed E-state index contributed by atoms with van der Waals surface area (Å²) in [5.41, 5.74) is 2.47. The van der Waals surface area contributed by atoms with Crippen LogP contribution in [0.5, 0.6) is 0 Å². The Morgan fingerprint density at radius 2 is 2.00 bits per heavy atom. The van der Waals surface area contributed by atoms with Gasteiger partial charge < -0.3 is 4.90 Å². The summed E-state index contributed by atoms with van der Waals surface area (Å²) in [5.74, 6) is 0. The van der Waals surface area contributed by atoms with Crippen molar-refractivity contribution < 1.29 is 18.9 Å². The number of hydrogen-bond donors (Lipinski definition) is 0. The number of aryl methyl sites for hydroxylation is 1. The summed E-state index contributed by atoms with van der Waals surface area (Å²) < 4.78 is 0. The summed E-state index contributed by atoms with van der Waals surface area (Å²) in [6.45, 7) is 3.04. The Hall–Kier alpha value is -0.223. The van der Waals surface area contributed by atoms with Crippen molar-refractivity contribution in [2.24, 2.45) is 0 Å². The monoisotopic (exact) mass is 155 g/mol. The van der Waals surface area contributed by atoms with Gasteiger partial charge in [-0.05, 0) is 14.1 Å². The molecule has 1 nitrogen and oxygen atoms in total. The molecule has 0 heterocycles. The summed E-state index contributed by atoms with van der Waals surface area (Å²) in [7, 11) is 4.13. The van der Waals surface area contributed by atoms with E-state index in [1.165, 1.54) is 11.1 Å². The summed E-state index contributed by atoms with van der Waals surface area (Å²) in [5, 5.41) is 0. The molecule has 0 spiro atoms. The van der Waals surface area contributed by atoms with Crippen LogP contribution in [0.1, 0.15) is 11.1 Å². The molecule has 0 aliphatic carbocycles. The molecule has 0 atom stereocenters. The first-order valence-corrected chi connectivity index (χ1v) is 3.81. The van der Waals surface area contributed by atoms with Gasteiger partial charge in [0.1, 0.15) is 0 Å². The van der Waals surface area contributed by atoms with Gasteiger partial charge in [0.2, 0.25) is 0 Å². The number of rotatable bonds is 2. The SMILES string of the molecule is Cc1[c-]c(CN(C)C)ccc1.[Li+]. The van der Waals surface area contributed by atoms with E-state index in [2.05, 4.69) is 50.2 Å². The van der Waals surface area contributed by atoms with Crippen LogP contribution in [0.25, 0.3) is 0 Å². The van der Waals surface area contributed by atoms with E-state index in [1.54, 1.807) is 0 Å². The molecule has 0 bridgehead atoms. The minimum Gasteiger partial charge on any atom is -0.307 e. The second kappa shape index (κ2) is 5.43. The van der Waals surface area contributed by atoms with E-state index in [1.807, 2.05) is 0 Å². The van der Waals surface area contributed by atoms with Gasteiger partial charge in [-0.2, -0.15) is 29.8 Å². The van der Waals surface area contributed by atoms with Crippen LogP contribution in [0.2, 0.25) is 0 Å². The predicted molar refractivity (Wildman–Crippen MR) is 47.4 cm³/mol. The Morgan fingerprint density at radius 1 is 1.33 bits per heavy atom. The smallest absolute Gasteiger partial charge is 0.307 e. The molecule has 0 aromatic heterocycles. The Kier molecular flexibility index (Phi) is 5.33. The van der Waals surface area contributed by atoms with Crippen LogP contribution in [-0.4, -0.2) is 19.0 Å². The molecular formula is C10H14LiN. The second-order valence-electron chi connectivity index (χ2n) is 3.10. The van der Waals surface area contributed by atoms with E-state index in [4.69, 9.17) is 0 Å². The largest absolute Gasteiger partial charge is 1.00 e. The normalized spacial score (nSPS) is 9.67. The first-order chi connectivity index (χ1) is 5.18. The Labute approximate surface area is 86.9 Å². The fourth-order valence-corrected chi connectivity index (χ4v) is 1.08. The van der Waals surface area contributed by atoms with Crippen LogP contribution in [0.3, 0.4) is 0 Å². The molecule has 1 aromatic carbocycles. The predicted octanol–water partition coefficient (Wildman–Crippen LogP) is -1.14. The molecule has 0 fully saturated rings. The zero-order chi connectivity index (χ0) is 8.27. The summed E-state index contributed by atoms with van der Waals surface area (Å²) >= 11 is 0. The topological polar surface area (TPSA) is 3.24 Å². The van der Waals surface area contributed by atoms with Crippen molar-refractivity contribution in [3.8, 4) is 0 Å². The quantitative estimate of drug-likeness (QED) is 0.385. The summed E-state index contributed by atoms with van der Waals surface area (Å²) in [4.78, 5) is 2.14. The van der Waals surface area contributed by atoms with Gasteiger partial charge in [0.25, 0.3) is 0 Å². The second-order valence-corrected chi connectivity index (χ2v) is 3.10. The van der Waals surface area contributed by atoms with Crippen LogP contribution in [-0.2, 0) is 6.54 Å². The van der Waals surface area contributed by atoms with Crippen molar-refractivity contribution in [3.05, 3.63) is 35.4 Å². The van der Waals surface area contributed by atoms with Crippen molar-refractivity contribution in [1.29, 1.82) is 0 Å². The van der Waals surface area contributed by atoms with E-state index < -0.39 is 0 Å². The van der Waals surface area contributed by atoms with Crippen LogP contribution in [0.15, 0.2) is 18.2 Å². The third kappa shape index (κ3) is 3.97. The minimum absolute atomic E-state index is 0. The molecule has 1 aromatic rings. The Balaban J connectivity index is 0.00000121. The molecule has 0 aliphatic heterocycles. The molecule has 12 heavy (non-hydrogen) atoms. The Bertz CT molecular complexity index is 233. The minimum atomic E-state index is 0. The first-order valence-electron chi connectivity index (χ1n) is 3.81. The standard InChI is InChI=1S/C10H14N.Li/c1-9-5-4-6-10(7-9)8-11(2)3;/h4-6H,8H2,1-3H3;/q-1;+1. The molecule has 0 radical (unpaired) electrons. The molecule has 0 N–H and O–H groups in total. The van der Waals surface area contributed by atoms with E-state index in [0.29, 0.717) is 0 Å². The number of benzene rings is 1. The average molecular weight is 155 g/mol. The molecule has 0 saturated carbocycles. The maximum Gasteiger partial charge on any atom is 1.00 e. The molecular weight excluding hydrogens is 141 g/mol. The molecule has 2 heteroatoms. The molecule has 0 unspecified atom stereocenters. The van der Waals surface area contributed by atoms with Gasteiger partial charge in [-0.1, -0.05) is 6.92 Å². The van der Waals surface area contributed by atoms with E-state index in [0.717, 1.165) is 6.54 Å². The van der Waals surface area contributed by atoms with Gasteiger partial charge in [-0.15, -0.1) is 5.56 Å². The first kappa shape index (κ1) is 11.8. The van der Waals surface area contributed by atoms with Crippen molar-refractivity contribution in [1.82, 2.24) is 4.90 Å². The van der Waals surface area contributed by atoms with Crippen molar-refractivity contribution >= 4 is 0 Å². The van der Waals surface area contributed by atoms with Gasteiger partial charge in [0, 0.05) is 6.54 Å². The van der Waals surface area contributed by atoms with Crippen molar-refractivity contribution in [2.75, 3.05) is 14.1 Å². The average Bonchev–Trinajstić information content (AvgIpc) is 1.85. The van der Waals surface area contributed by atoms with E-state index in [-0.39, 0.29) is 18.9 Å². The zero-order valence-corrected chi connectivity index (χ0v) is 8.39. The molecule has 60 valence electrons. The number of nitrogens with zero attached hydrogens (tertiary/aromatic N) is 1. The van der Waals surface area contributed by atoms with Crippen LogP contribution < -0.4 is 18.9 Å². The van der Waals surface area contributed by atoms with Gasteiger partial charge in [-0.25, -0.2) is 0 Å². The van der Waals surface area contributed by atoms with Crippen LogP contribution in [0, 0.1) is 13.0 Å². The maximum absolute atomic E-state index is 3.30. The molecule has 0 aliphatic rings. The van der Waals surface area contributed by atoms with Crippen molar-refractivity contribution in [3.63, 3.8) is 0 Å². The molecule has 1 rings (SSSR count). The maximum atomic E-state index is 3.30. The third-order valence-electron chi connectivity index (χ3n) is 1.49. The fourth-order valence-electron chi connectivity index (χ4n) is 1.08. The van der Waals surface area contributed by atoms with Gasteiger partial charge >= 0.3 is 18.9 Å². The third-order valence-corrected chi connectivity index (χ3v) is 1.49. The van der Waals surface area contributed by atoms with Crippen LogP contribution in [0.4, 0.5) is 0 Å². The summed E-state index contributed by atoms with van der Waals surface area (Å²) in [6, 6.07) is 9.54. The van der Waals surface area contributed by atoms with Gasteiger partial charge in [0.15, 0.2) is 0 Å². The number of hydrogen-bond acceptors (Lipinski definition) is 1. The Morgan fingerprint density at radius 3 is 2.50 bits per heavy atom. The summed E-state index contributed by atoms with van der Waals surface area (Å²) in [6.07, 6.45) is 0. The fraction of sp³-hybridized carbons (Fsp3) is 0.400. The van der Waals surface area contributed by atoms with Gasteiger partial charge in [0.05, 0.1) is 0 Å². The van der Waals surface area contributed by atoms with Crippen LogP contribution >= 0.6 is 0 Å². The van der Waals surface area contributed by atoms with E-state index in [9.17, 15) is 0 Å². The van der Waals surface area contributed by atoms with Crippen molar-refractivity contribution in [2.45, 2.75) is 13.5 Å².